The van der Waals surface area contributed by atoms with Gasteiger partial charge in [0.05, 0.1) is 7.11 Å². The second kappa shape index (κ2) is 7.53. The molecular formula is C19H20N4O2. The summed E-state index contributed by atoms with van der Waals surface area (Å²) >= 11 is 0. The maximum atomic E-state index is 6.23. The molecule has 0 aliphatic carbocycles. The molecule has 0 atom stereocenters. The van der Waals surface area contributed by atoms with E-state index in [4.69, 9.17) is 15.2 Å². The van der Waals surface area contributed by atoms with Crippen molar-refractivity contribution in [3.8, 4) is 17.4 Å². The fourth-order valence-electron chi connectivity index (χ4n) is 2.44. The van der Waals surface area contributed by atoms with E-state index in [0.29, 0.717) is 29.7 Å². The lowest BCUT2D eigenvalue weighted by Crippen LogP contribution is -2.19. The minimum atomic E-state index is 0.329. The minimum Gasteiger partial charge on any atom is -0.497 e. The van der Waals surface area contributed by atoms with E-state index < -0.39 is 0 Å². The molecule has 0 aliphatic heterocycles. The number of hydrogen-bond donors (Lipinski definition) is 1. The standard InChI is InChI=1S/C19H20N4O2/c1-23(12-14-6-4-3-5-7-14)18-17(20)19(22-13-21-18)25-16-10-8-15(24-2)9-11-16/h3-11,13H,12,20H2,1-2H3. The maximum Gasteiger partial charge on any atom is 0.248 e. The normalized spacial score (nSPS) is 10.3. The number of nitrogens with two attached hydrogens (primary N) is 1. The zero-order valence-corrected chi connectivity index (χ0v) is 14.2. The van der Waals surface area contributed by atoms with Crippen molar-refractivity contribution < 1.29 is 9.47 Å². The number of ether oxygens (including phenoxy) is 2. The van der Waals surface area contributed by atoms with Crippen LogP contribution in [0.2, 0.25) is 0 Å². The van der Waals surface area contributed by atoms with Gasteiger partial charge in [0.2, 0.25) is 5.88 Å². The minimum absolute atomic E-state index is 0.329. The van der Waals surface area contributed by atoms with Crippen LogP contribution in [0.5, 0.6) is 17.4 Å². The summed E-state index contributed by atoms with van der Waals surface area (Å²) in [5.41, 5.74) is 7.79. The smallest absolute Gasteiger partial charge is 0.248 e. The first-order chi connectivity index (χ1) is 12.2. The first kappa shape index (κ1) is 16.6. The lowest BCUT2D eigenvalue weighted by atomic mass is 10.2. The third kappa shape index (κ3) is 3.98. The van der Waals surface area contributed by atoms with Gasteiger partial charge in [-0.2, -0.15) is 4.98 Å². The van der Waals surface area contributed by atoms with E-state index in [9.17, 15) is 0 Å². The SMILES string of the molecule is COc1ccc(Oc2ncnc(N(C)Cc3ccccc3)c2N)cc1. The lowest BCUT2D eigenvalue weighted by molar-refractivity contribution is 0.412. The molecule has 128 valence electrons. The van der Waals surface area contributed by atoms with Gasteiger partial charge in [-0.3, -0.25) is 0 Å². The zero-order chi connectivity index (χ0) is 17.6. The highest BCUT2D eigenvalue weighted by molar-refractivity contribution is 5.68. The summed E-state index contributed by atoms with van der Waals surface area (Å²) in [7, 11) is 3.55. The fourth-order valence-corrected chi connectivity index (χ4v) is 2.44. The number of nitrogen functional groups attached to an aromatic ring is 1. The highest BCUT2D eigenvalue weighted by Gasteiger charge is 2.14. The quantitative estimate of drug-likeness (QED) is 0.743. The van der Waals surface area contributed by atoms with Gasteiger partial charge in [0, 0.05) is 13.6 Å². The van der Waals surface area contributed by atoms with Crippen LogP contribution < -0.4 is 20.1 Å². The Kier molecular flexibility index (Phi) is 4.99. The van der Waals surface area contributed by atoms with Gasteiger partial charge in [-0.05, 0) is 29.8 Å². The lowest BCUT2D eigenvalue weighted by Gasteiger charge is -2.20. The summed E-state index contributed by atoms with van der Waals surface area (Å²) in [5.74, 6) is 2.34. The Morgan fingerprint density at radius 1 is 0.960 bits per heavy atom. The molecule has 0 spiro atoms. The van der Waals surface area contributed by atoms with Gasteiger partial charge in [-0.15, -0.1) is 0 Å². The molecule has 1 heterocycles. The van der Waals surface area contributed by atoms with E-state index in [0.717, 1.165) is 5.75 Å². The number of benzene rings is 2. The molecule has 25 heavy (non-hydrogen) atoms. The Morgan fingerprint density at radius 2 is 1.64 bits per heavy atom. The molecule has 2 N–H and O–H groups in total. The molecule has 0 fully saturated rings. The fraction of sp³-hybridized carbons (Fsp3) is 0.158. The number of aromatic nitrogens is 2. The molecular weight excluding hydrogens is 316 g/mol. The second-order valence-corrected chi connectivity index (χ2v) is 5.54. The van der Waals surface area contributed by atoms with E-state index in [1.807, 2.05) is 42.3 Å². The summed E-state index contributed by atoms with van der Waals surface area (Å²) in [6.45, 7) is 0.685. The van der Waals surface area contributed by atoms with Gasteiger partial charge in [-0.1, -0.05) is 30.3 Å². The number of anilines is 2. The average Bonchev–Trinajstić information content (AvgIpc) is 2.65. The van der Waals surface area contributed by atoms with Crippen LogP contribution in [0.15, 0.2) is 60.9 Å². The topological polar surface area (TPSA) is 73.5 Å². The monoisotopic (exact) mass is 336 g/mol. The van der Waals surface area contributed by atoms with E-state index in [1.165, 1.54) is 11.9 Å². The van der Waals surface area contributed by atoms with Crippen molar-refractivity contribution in [3.05, 3.63) is 66.5 Å². The van der Waals surface area contributed by atoms with Crippen molar-refractivity contribution >= 4 is 11.5 Å². The van der Waals surface area contributed by atoms with Crippen LogP contribution in [0.4, 0.5) is 11.5 Å². The molecule has 1 aromatic heterocycles. The average molecular weight is 336 g/mol. The van der Waals surface area contributed by atoms with Gasteiger partial charge >= 0.3 is 0 Å². The molecule has 3 rings (SSSR count). The van der Waals surface area contributed by atoms with Crippen molar-refractivity contribution in [3.63, 3.8) is 0 Å². The Hall–Kier alpha value is -3.28. The predicted molar refractivity (Wildman–Crippen MR) is 98.1 cm³/mol. The third-order valence-electron chi connectivity index (χ3n) is 3.72. The molecule has 0 saturated heterocycles. The molecule has 0 amide bonds. The van der Waals surface area contributed by atoms with Crippen LogP contribution in [0.1, 0.15) is 5.56 Å². The Morgan fingerprint density at radius 3 is 2.32 bits per heavy atom. The van der Waals surface area contributed by atoms with Crippen LogP contribution in [0.25, 0.3) is 0 Å². The third-order valence-corrected chi connectivity index (χ3v) is 3.72. The van der Waals surface area contributed by atoms with E-state index in [-0.39, 0.29) is 0 Å². The van der Waals surface area contributed by atoms with Crippen molar-refractivity contribution in [1.29, 1.82) is 0 Å². The Balaban J connectivity index is 1.79. The van der Waals surface area contributed by atoms with Gasteiger partial charge in [0.25, 0.3) is 0 Å². The van der Waals surface area contributed by atoms with Crippen LogP contribution in [-0.4, -0.2) is 24.1 Å². The molecule has 6 nitrogen and oxygen atoms in total. The summed E-state index contributed by atoms with van der Waals surface area (Å²) in [6.07, 6.45) is 1.45. The molecule has 3 aromatic rings. The van der Waals surface area contributed by atoms with Crippen molar-refractivity contribution in [1.82, 2.24) is 9.97 Å². The highest BCUT2D eigenvalue weighted by atomic mass is 16.5. The van der Waals surface area contributed by atoms with Gasteiger partial charge in [-0.25, -0.2) is 4.98 Å². The van der Waals surface area contributed by atoms with E-state index in [1.54, 1.807) is 19.2 Å². The van der Waals surface area contributed by atoms with Crippen LogP contribution in [0.3, 0.4) is 0 Å². The van der Waals surface area contributed by atoms with Gasteiger partial charge < -0.3 is 20.1 Å². The molecule has 0 aliphatic rings. The molecule has 6 heteroatoms. The predicted octanol–water partition coefficient (Wildman–Crippen LogP) is 3.50. The maximum absolute atomic E-state index is 6.23. The van der Waals surface area contributed by atoms with E-state index >= 15 is 0 Å². The summed E-state index contributed by atoms with van der Waals surface area (Å²) in [5, 5.41) is 0. The van der Waals surface area contributed by atoms with Gasteiger partial charge in [0.1, 0.15) is 23.5 Å². The molecule has 0 bridgehead atoms. The molecule has 0 unspecified atom stereocenters. The molecule has 2 aromatic carbocycles. The zero-order valence-electron chi connectivity index (χ0n) is 14.2. The van der Waals surface area contributed by atoms with E-state index in [2.05, 4.69) is 22.1 Å². The Bertz CT molecular complexity index is 823. The van der Waals surface area contributed by atoms with Crippen LogP contribution in [0, 0.1) is 0 Å². The summed E-state index contributed by atoms with van der Waals surface area (Å²) in [6, 6.07) is 17.3. The van der Waals surface area contributed by atoms with Crippen molar-refractivity contribution in [2.24, 2.45) is 0 Å². The second-order valence-electron chi connectivity index (χ2n) is 5.54. The van der Waals surface area contributed by atoms with Crippen LogP contribution in [-0.2, 0) is 6.54 Å². The number of methoxy groups -OCH3 is 1. The number of nitrogens with zero attached hydrogens (tertiary/aromatic N) is 3. The van der Waals surface area contributed by atoms with Crippen LogP contribution >= 0.6 is 0 Å². The number of hydrogen-bond acceptors (Lipinski definition) is 6. The van der Waals surface area contributed by atoms with Crippen molar-refractivity contribution in [2.75, 3.05) is 24.8 Å². The van der Waals surface area contributed by atoms with Gasteiger partial charge in [0.15, 0.2) is 5.82 Å². The van der Waals surface area contributed by atoms with Crippen molar-refractivity contribution in [2.45, 2.75) is 6.54 Å². The highest BCUT2D eigenvalue weighted by Crippen LogP contribution is 2.32. The molecule has 0 saturated carbocycles. The molecule has 0 radical (unpaired) electrons. The first-order valence-electron chi connectivity index (χ1n) is 7.85. The number of rotatable bonds is 6. The summed E-state index contributed by atoms with van der Waals surface area (Å²) in [4.78, 5) is 10.4. The largest absolute Gasteiger partial charge is 0.497 e. The Labute approximate surface area is 146 Å². The summed E-state index contributed by atoms with van der Waals surface area (Å²) < 4.78 is 10.9. The first-order valence-corrected chi connectivity index (χ1v) is 7.85.